The van der Waals surface area contributed by atoms with Gasteiger partial charge in [-0.1, -0.05) is 28.9 Å². The molecule has 0 aromatic heterocycles. The Kier molecular flexibility index (Phi) is 6.93. The second kappa shape index (κ2) is 8.71. The van der Waals surface area contributed by atoms with E-state index in [1.54, 1.807) is 0 Å². The summed E-state index contributed by atoms with van der Waals surface area (Å²) in [5.41, 5.74) is 1.01. The number of thiocarbonyl (C=S) groups is 1. The van der Waals surface area contributed by atoms with E-state index in [9.17, 15) is 0 Å². The zero-order chi connectivity index (χ0) is 15.1. The largest absolute Gasteiger partial charge is 0.362 e. The molecule has 1 fully saturated rings. The van der Waals surface area contributed by atoms with E-state index in [4.69, 9.17) is 12.2 Å². The predicted molar refractivity (Wildman–Crippen MR) is 97.8 cm³/mol. The van der Waals surface area contributed by atoms with Crippen LogP contribution in [0.1, 0.15) is 26.2 Å². The first-order valence-electron chi connectivity index (χ1n) is 7.66. The van der Waals surface area contributed by atoms with E-state index in [0.717, 1.165) is 29.0 Å². The van der Waals surface area contributed by atoms with Gasteiger partial charge in [-0.25, -0.2) is 0 Å². The number of halogens is 1. The van der Waals surface area contributed by atoms with Crippen molar-refractivity contribution in [3.8, 4) is 0 Å². The minimum atomic E-state index is 0.695. The quantitative estimate of drug-likeness (QED) is 0.608. The molecule has 116 valence electrons. The summed E-state index contributed by atoms with van der Waals surface area (Å²) in [5.74, 6) is 0.904. The van der Waals surface area contributed by atoms with Crippen LogP contribution in [-0.2, 0) is 0 Å². The Hall–Kier alpha value is -0.650. The van der Waals surface area contributed by atoms with Crippen molar-refractivity contribution < 1.29 is 0 Å². The predicted octanol–water partition coefficient (Wildman–Crippen LogP) is 3.86. The summed E-state index contributed by atoms with van der Waals surface area (Å²) in [5, 5.41) is 7.18. The van der Waals surface area contributed by atoms with Gasteiger partial charge in [-0.2, -0.15) is 0 Å². The highest BCUT2D eigenvalue weighted by molar-refractivity contribution is 9.10. The van der Waals surface area contributed by atoms with E-state index in [2.05, 4.69) is 38.4 Å². The number of benzene rings is 1. The van der Waals surface area contributed by atoms with Gasteiger partial charge in [0.05, 0.1) is 0 Å². The molecule has 2 N–H and O–H groups in total. The molecule has 0 unspecified atom stereocenters. The topological polar surface area (TPSA) is 27.3 Å². The minimum Gasteiger partial charge on any atom is -0.362 e. The summed E-state index contributed by atoms with van der Waals surface area (Å²) in [7, 11) is 0. The van der Waals surface area contributed by atoms with Crippen molar-refractivity contribution in [1.29, 1.82) is 0 Å². The van der Waals surface area contributed by atoms with Crippen LogP contribution in [0, 0.1) is 5.92 Å². The smallest absolute Gasteiger partial charge is 0.170 e. The Labute approximate surface area is 141 Å². The van der Waals surface area contributed by atoms with Gasteiger partial charge in [-0.05, 0) is 75.2 Å². The summed E-state index contributed by atoms with van der Waals surface area (Å²) >= 11 is 8.77. The summed E-state index contributed by atoms with van der Waals surface area (Å²) in [6, 6.07) is 8.02. The fourth-order valence-corrected chi connectivity index (χ4v) is 3.15. The number of nitrogens with one attached hydrogen (secondary N) is 2. The molecule has 1 heterocycles. The lowest BCUT2D eigenvalue weighted by Gasteiger charge is -2.30. The Bertz CT molecular complexity index is 459. The molecule has 3 nitrogen and oxygen atoms in total. The molecule has 1 aliphatic heterocycles. The summed E-state index contributed by atoms with van der Waals surface area (Å²) in [6.07, 6.45) is 3.82. The average molecular weight is 370 g/mol. The van der Waals surface area contributed by atoms with Gasteiger partial charge in [0.2, 0.25) is 0 Å². The van der Waals surface area contributed by atoms with Crippen LogP contribution in [0.4, 0.5) is 5.69 Å². The summed E-state index contributed by atoms with van der Waals surface area (Å²) in [4.78, 5) is 2.56. The molecule has 0 aliphatic carbocycles. The van der Waals surface area contributed by atoms with E-state index in [0.29, 0.717) is 5.11 Å². The zero-order valence-corrected chi connectivity index (χ0v) is 15.0. The third-order valence-electron chi connectivity index (χ3n) is 3.90. The van der Waals surface area contributed by atoms with Crippen molar-refractivity contribution in [2.45, 2.75) is 26.2 Å². The van der Waals surface area contributed by atoms with E-state index in [-0.39, 0.29) is 0 Å². The van der Waals surface area contributed by atoms with Crippen LogP contribution in [0.3, 0.4) is 0 Å². The second-order valence-electron chi connectivity index (χ2n) is 5.77. The molecule has 1 aromatic rings. The molecule has 0 saturated carbocycles. The molecule has 1 aromatic carbocycles. The van der Waals surface area contributed by atoms with Gasteiger partial charge in [-0.3, -0.25) is 0 Å². The first kappa shape index (κ1) is 16.7. The fourth-order valence-electron chi connectivity index (χ4n) is 2.53. The average Bonchev–Trinajstić information content (AvgIpc) is 2.45. The molecule has 0 radical (unpaired) electrons. The normalized spacial score (nSPS) is 16.7. The highest BCUT2D eigenvalue weighted by atomic mass is 79.9. The van der Waals surface area contributed by atoms with Crippen molar-refractivity contribution in [3.05, 3.63) is 28.7 Å². The number of anilines is 1. The number of piperidine rings is 1. The maximum absolute atomic E-state index is 5.31. The highest BCUT2D eigenvalue weighted by Crippen LogP contribution is 2.16. The highest BCUT2D eigenvalue weighted by Gasteiger charge is 2.14. The first-order valence-corrected chi connectivity index (χ1v) is 8.86. The third kappa shape index (κ3) is 6.32. The lowest BCUT2D eigenvalue weighted by Crippen LogP contribution is -2.36. The zero-order valence-electron chi connectivity index (χ0n) is 12.6. The van der Waals surface area contributed by atoms with Crippen molar-refractivity contribution in [2.24, 2.45) is 5.92 Å². The number of likely N-dealkylation sites (tertiary alicyclic amines) is 1. The van der Waals surface area contributed by atoms with Crippen LogP contribution in [0.15, 0.2) is 28.7 Å². The van der Waals surface area contributed by atoms with Gasteiger partial charge in [0, 0.05) is 16.7 Å². The summed E-state index contributed by atoms with van der Waals surface area (Å²) < 4.78 is 1.05. The van der Waals surface area contributed by atoms with Gasteiger partial charge in [0.1, 0.15) is 0 Å². The standard InChI is InChI=1S/C16H24BrN3S/c1-13-6-10-20(11-7-13)9-3-8-18-16(21)19-15-5-2-4-14(17)12-15/h2,4-5,12-13H,3,6-11H2,1H3,(H2,18,19,21). The Balaban J connectivity index is 1.59. The fraction of sp³-hybridized carbons (Fsp3) is 0.562. The van der Waals surface area contributed by atoms with Crippen molar-refractivity contribution in [1.82, 2.24) is 10.2 Å². The molecule has 21 heavy (non-hydrogen) atoms. The van der Waals surface area contributed by atoms with Crippen LogP contribution in [0.5, 0.6) is 0 Å². The lowest BCUT2D eigenvalue weighted by atomic mass is 9.99. The van der Waals surface area contributed by atoms with Crippen LogP contribution in [-0.4, -0.2) is 36.2 Å². The van der Waals surface area contributed by atoms with Crippen LogP contribution >= 0.6 is 28.1 Å². The molecular formula is C16H24BrN3S. The monoisotopic (exact) mass is 369 g/mol. The van der Waals surface area contributed by atoms with E-state index >= 15 is 0 Å². The van der Waals surface area contributed by atoms with Crippen LogP contribution in [0.25, 0.3) is 0 Å². The molecule has 1 saturated heterocycles. The van der Waals surface area contributed by atoms with E-state index in [1.807, 2.05) is 24.3 Å². The van der Waals surface area contributed by atoms with Crippen LogP contribution < -0.4 is 10.6 Å². The van der Waals surface area contributed by atoms with Gasteiger partial charge in [0.25, 0.3) is 0 Å². The lowest BCUT2D eigenvalue weighted by molar-refractivity contribution is 0.191. The van der Waals surface area contributed by atoms with Crippen molar-refractivity contribution in [2.75, 3.05) is 31.5 Å². The van der Waals surface area contributed by atoms with Gasteiger partial charge >= 0.3 is 0 Å². The number of nitrogens with zero attached hydrogens (tertiary/aromatic N) is 1. The molecule has 0 bridgehead atoms. The molecule has 2 rings (SSSR count). The molecule has 0 amide bonds. The van der Waals surface area contributed by atoms with Gasteiger partial charge in [-0.15, -0.1) is 0 Å². The van der Waals surface area contributed by atoms with Crippen LogP contribution in [0.2, 0.25) is 0 Å². The van der Waals surface area contributed by atoms with Crippen molar-refractivity contribution >= 4 is 38.9 Å². The van der Waals surface area contributed by atoms with Crippen molar-refractivity contribution in [3.63, 3.8) is 0 Å². The molecule has 5 heteroatoms. The maximum Gasteiger partial charge on any atom is 0.170 e. The molecule has 0 atom stereocenters. The number of hydrogen-bond acceptors (Lipinski definition) is 2. The van der Waals surface area contributed by atoms with E-state index < -0.39 is 0 Å². The second-order valence-corrected chi connectivity index (χ2v) is 7.09. The molecule has 0 spiro atoms. The Morgan fingerprint density at radius 3 is 2.86 bits per heavy atom. The maximum atomic E-state index is 5.31. The Morgan fingerprint density at radius 2 is 2.14 bits per heavy atom. The molecule has 1 aliphatic rings. The van der Waals surface area contributed by atoms with E-state index in [1.165, 1.54) is 32.5 Å². The minimum absolute atomic E-state index is 0.695. The third-order valence-corrected chi connectivity index (χ3v) is 4.64. The number of rotatable bonds is 5. The summed E-state index contributed by atoms with van der Waals surface area (Å²) in [6.45, 7) is 6.94. The van der Waals surface area contributed by atoms with Gasteiger partial charge < -0.3 is 15.5 Å². The van der Waals surface area contributed by atoms with Gasteiger partial charge in [0.15, 0.2) is 5.11 Å². The SMILES string of the molecule is CC1CCN(CCCNC(=S)Nc2cccc(Br)c2)CC1. The Morgan fingerprint density at radius 1 is 1.38 bits per heavy atom. The molecular weight excluding hydrogens is 346 g/mol. The number of hydrogen-bond donors (Lipinski definition) is 2. The first-order chi connectivity index (χ1) is 10.1.